The summed E-state index contributed by atoms with van der Waals surface area (Å²) in [5, 5.41) is 14.4. The van der Waals surface area contributed by atoms with Crippen LogP contribution in [0.3, 0.4) is 0 Å². The van der Waals surface area contributed by atoms with Crippen molar-refractivity contribution in [3.05, 3.63) is 51.3 Å². The first-order chi connectivity index (χ1) is 9.97. The Hall–Kier alpha value is -1.83. The molecule has 4 nitrogen and oxygen atoms in total. The van der Waals surface area contributed by atoms with E-state index in [1.54, 1.807) is 30.1 Å². The highest BCUT2D eigenvalue weighted by molar-refractivity contribution is 6.35. The average Bonchev–Trinajstić information content (AvgIpc) is 2.82. The number of nitrogens with zero attached hydrogens (tertiary/aromatic N) is 3. The van der Waals surface area contributed by atoms with E-state index >= 15 is 0 Å². The first kappa shape index (κ1) is 15.6. The monoisotopic (exact) mass is 321 g/mol. The molecule has 0 aliphatic rings. The van der Waals surface area contributed by atoms with Gasteiger partial charge in [-0.25, -0.2) is 0 Å². The van der Waals surface area contributed by atoms with Crippen molar-refractivity contribution in [1.29, 1.82) is 5.26 Å². The van der Waals surface area contributed by atoms with Gasteiger partial charge in [0.05, 0.1) is 17.3 Å². The van der Waals surface area contributed by atoms with Crippen molar-refractivity contribution in [2.75, 3.05) is 0 Å². The van der Waals surface area contributed by atoms with Crippen LogP contribution in [0.15, 0.2) is 24.4 Å². The van der Waals surface area contributed by atoms with Crippen molar-refractivity contribution in [1.82, 2.24) is 9.78 Å². The van der Waals surface area contributed by atoms with Gasteiger partial charge in [0, 0.05) is 23.3 Å². The minimum atomic E-state index is -0.968. The molecular formula is C15H13Cl2N3O. The van der Waals surface area contributed by atoms with Crippen molar-refractivity contribution in [3.8, 4) is 6.07 Å². The van der Waals surface area contributed by atoms with Crippen LogP contribution < -0.4 is 0 Å². The molecule has 0 bridgehead atoms. The number of benzene rings is 1. The third-order valence-electron chi connectivity index (χ3n) is 3.17. The molecule has 2 rings (SSSR count). The fourth-order valence-corrected chi connectivity index (χ4v) is 2.68. The minimum absolute atomic E-state index is 0.299. The average molecular weight is 322 g/mol. The predicted octanol–water partition coefficient (Wildman–Crippen LogP) is 3.78. The second kappa shape index (κ2) is 6.30. The summed E-state index contributed by atoms with van der Waals surface area (Å²) in [6.45, 7) is 1.91. The number of hydrogen-bond acceptors (Lipinski definition) is 3. The van der Waals surface area contributed by atoms with Crippen LogP contribution in [0.2, 0.25) is 10.0 Å². The van der Waals surface area contributed by atoms with Gasteiger partial charge >= 0.3 is 0 Å². The topological polar surface area (TPSA) is 58.7 Å². The van der Waals surface area contributed by atoms with Gasteiger partial charge in [0.15, 0.2) is 5.78 Å². The first-order valence-electron chi connectivity index (χ1n) is 6.39. The van der Waals surface area contributed by atoms with E-state index in [2.05, 4.69) is 5.10 Å². The number of aryl methyl sites for hydroxylation is 2. The van der Waals surface area contributed by atoms with Crippen molar-refractivity contribution >= 4 is 29.0 Å². The Morgan fingerprint density at radius 2 is 2.19 bits per heavy atom. The Morgan fingerprint density at radius 1 is 1.48 bits per heavy atom. The van der Waals surface area contributed by atoms with E-state index in [4.69, 9.17) is 23.2 Å². The van der Waals surface area contributed by atoms with Crippen LogP contribution in [0.5, 0.6) is 0 Å². The Bertz CT molecular complexity index is 731. The maximum atomic E-state index is 12.6. The molecule has 1 unspecified atom stereocenters. The largest absolute Gasteiger partial charge is 0.292 e. The molecular weight excluding hydrogens is 309 g/mol. The van der Waals surface area contributed by atoms with E-state index < -0.39 is 5.92 Å². The van der Waals surface area contributed by atoms with Gasteiger partial charge in [-0.05, 0) is 24.1 Å². The van der Waals surface area contributed by atoms with Crippen molar-refractivity contribution in [2.24, 2.45) is 7.05 Å². The molecule has 0 fully saturated rings. The van der Waals surface area contributed by atoms with E-state index in [-0.39, 0.29) is 5.78 Å². The summed E-state index contributed by atoms with van der Waals surface area (Å²) in [4.78, 5) is 12.6. The Morgan fingerprint density at radius 3 is 2.76 bits per heavy atom. The highest BCUT2D eigenvalue weighted by Crippen LogP contribution is 2.30. The molecule has 0 aliphatic carbocycles. The van der Waals surface area contributed by atoms with Gasteiger partial charge in [-0.3, -0.25) is 9.48 Å². The van der Waals surface area contributed by atoms with E-state index in [0.29, 0.717) is 33.3 Å². The Balaban J connectivity index is 2.46. The van der Waals surface area contributed by atoms with E-state index in [1.807, 2.05) is 13.0 Å². The van der Waals surface area contributed by atoms with Gasteiger partial charge < -0.3 is 0 Å². The second-order valence-electron chi connectivity index (χ2n) is 4.61. The molecule has 1 aromatic heterocycles. The lowest BCUT2D eigenvalue weighted by Gasteiger charge is -2.10. The maximum Gasteiger partial charge on any atom is 0.187 e. The standard InChI is InChI=1S/C15H13Cl2N3O/c1-3-14-12(8-20(2)19-14)15(21)11(7-18)10-5-4-9(16)6-13(10)17/h4-6,8,11H,3H2,1-2H3. The molecule has 1 aromatic carbocycles. The summed E-state index contributed by atoms with van der Waals surface area (Å²) in [7, 11) is 1.74. The summed E-state index contributed by atoms with van der Waals surface area (Å²) < 4.78 is 1.57. The van der Waals surface area contributed by atoms with Crippen LogP contribution >= 0.6 is 23.2 Å². The van der Waals surface area contributed by atoms with Crippen LogP contribution in [0.25, 0.3) is 0 Å². The van der Waals surface area contributed by atoms with E-state index in [9.17, 15) is 10.1 Å². The number of hydrogen-bond donors (Lipinski definition) is 0. The summed E-state index contributed by atoms with van der Waals surface area (Å²) in [5.41, 5.74) is 1.59. The zero-order chi connectivity index (χ0) is 15.6. The van der Waals surface area contributed by atoms with Crippen LogP contribution in [-0.2, 0) is 13.5 Å². The molecule has 0 saturated heterocycles. The normalized spacial score (nSPS) is 12.0. The third-order valence-corrected chi connectivity index (χ3v) is 3.73. The molecule has 1 heterocycles. The molecule has 0 aliphatic heterocycles. The summed E-state index contributed by atoms with van der Waals surface area (Å²) in [6.07, 6.45) is 2.25. The van der Waals surface area contributed by atoms with Gasteiger partial charge in [-0.1, -0.05) is 36.2 Å². The molecule has 21 heavy (non-hydrogen) atoms. The SMILES string of the molecule is CCc1nn(C)cc1C(=O)C(C#N)c1ccc(Cl)cc1Cl. The Labute approximate surface area is 132 Å². The fourth-order valence-electron chi connectivity index (χ4n) is 2.16. The van der Waals surface area contributed by atoms with Crippen molar-refractivity contribution < 1.29 is 4.79 Å². The predicted molar refractivity (Wildman–Crippen MR) is 81.7 cm³/mol. The van der Waals surface area contributed by atoms with Crippen LogP contribution in [0, 0.1) is 11.3 Å². The molecule has 0 amide bonds. The molecule has 0 N–H and O–H groups in total. The van der Waals surface area contributed by atoms with Crippen LogP contribution in [-0.4, -0.2) is 15.6 Å². The van der Waals surface area contributed by atoms with Gasteiger partial charge in [0.25, 0.3) is 0 Å². The summed E-state index contributed by atoms with van der Waals surface area (Å²) in [5.74, 6) is -1.27. The lowest BCUT2D eigenvalue weighted by atomic mass is 9.91. The van der Waals surface area contributed by atoms with Crippen LogP contribution in [0.1, 0.15) is 34.5 Å². The lowest BCUT2D eigenvalue weighted by Crippen LogP contribution is -2.13. The van der Waals surface area contributed by atoms with Gasteiger partial charge in [0.1, 0.15) is 5.92 Å². The molecule has 0 radical (unpaired) electrons. The molecule has 108 valence electrons. The van der Waals surface area contributed by atoms with Crippen molar-refractivity contribution in [2.45, 2.75) is 19.3 Å². The number of nitriles is 1. The first-order valence-corrected chi connectivity index (χ1v) is 7.14. The number of ketones is 1. The number of aromatic nitrogens is 2. The maximum absolute atomic E-state index is 12.6. The summed E-state index contributed by atoms with van der Waals surface area (Å²) >= 11 is 12.0. The number of carbonyl (C=O) groups is 1. The summed E-state index contributed by atoms with van der Waals surface area (Å²) in [6, 6.07) is 6.78. The highest BCUT2D eigenvalue weighted by atomic mass is 35.5. The highest BCUT2D eigenvalue weighted by Gasteiger charge is 2.27. The molecule has 0 spiro atoms. The molecule has 6 heteroatoms. The smallest absolute Gasteiger partial charge is 0.187 e. The third kappa shape index (κ3) is 3.10. The number of rotatable bonds is 4. The van der Waals surface area contributed by atoms with Crippen LogP contribution in [0.4, 0.5) is 0 Å². The Kier molecular flexibility index (Phi) is 4.66. The quantitative estimate of drug-likeness (QED) is 0.805. The van der Waals surface area contributed by atoms with E-state index in [1.165, 1.54) is 6.07 Å². The molecule has 0 saturated carbocycles. The van der Waals surface area contributed by atoms with Gasteiger partial charge in [-0.2, -0.15) is 10.4 Å². The van der Waals surface area contributed by atoms with Crippen molar-refractivity contribution in [3.63, 3.8) is 0 Å². The number of carbonyl (C=O) groups excluding carboxylic acids is 1. The molecule has 2 aromatic rings. The van der Waals surface area contributed by atoms with Gasteiger partial charge in [0.2, 0.25) is 0 Å². The molecule has 1 atom stereocenters. The fraction of sp³-hybridized carbons (Fsp3) is 0.267. The van der Waals surface area contributed by atoms with Gasteiger partial charge in [-0.15, -0.1) is 0 Å². The lowest BCUT2D eigenvalue weighted by molar-refractivity contribution is 0.0978. The number of Topliss-reactive ketones (excluding diaryl/α,β-unsaturated/α-hetero) is 1. The second-order valence-corrected chi connectivity index (χ2v) is 5.45. The van der Waals surface area contributed by atoms with E-state index in [0.717, 1.165) is 0 Å². The minimum Gasteiger partial charge on any atom is -0.292 e. The zero-order valence-corrected chi connectivity index (χ0v) is 13.1. The number of halogens is 2. The zero-order valence-electron chi connectivity index (χ0n) is 11.6.